The zero-order chi connectivity index (χ0) is 13.7. The molecule has 1 rings (SSSR count). The van der Waals surface area contributed by atoms with Crippen LogP contribution < -0.4 is 0 Å². The van der Waals surface area contributed by atoms with Gasteiger partial charge in [0.2, 0.25) is 0 Å². The van der Waals surface area contributed by atoms with Crippen molar-refractivity contribution in [3.05, 3.63) is 39.4 Å². The van der Waals surface area contributed by atoms with Gasteiger partial charge in [0.25, 0.3) is 5.69 Å². The molecule has 0 aliphatic heterocycles. The Balaban J connectivity index is 3.07. The third kappa shape index (κ3) is 3.46. The van der Waals surface area contributed by atoms with Gasteiger partial charge in [-0.2, -0.15) is 11.8 Å². The Labute approximate surface area is 109 Å². The first-order chi connectivity index (χ1) is 8.47. The lowest BCUT2D eigenvalue weighted by Crippen LogP contribution is -2.07. The highest BCUT2D eigenvalue weighted by Gasteiger charge is 2.23. The maximum absolute atomic E-state index is 11.1. The van der Waals surface area contributed by atoms with Gasteiger partial charge in [-0.3, -0.25) is 10.1 Å². The third-order valence-corrected chi connectivity index (χ3v) is 4.02. The minimum absolute atomic E-state index is 0.196. The van der Waals surface area contributed by atoms with Gasteiger partial charge in [-0.05, 0) is 12.0 Å². The summed E-state index contributed by atoms with van der Waals surface area (Å²) in [5.74, 6) is -0.778. The van der Waals surface area contributed by atoms with Crippen molar-refractivity contribution in [2.75, 3.05) is 0 Å². The number of carboxylic acids is 1. The first-order valence-corrected chi connectivity index (χ1v) is 6.63. The summed E-state index contributed by atoms with van der Waals surface area (Å²) in [6, 6.07) is 4.38. The van der Waals surface area contributed by atoms with Gasteiger partial charge in [0.05, 0.1) is 4.92 Å². The van der Waals surface area contributed by atoms with Crippen molar-refractivity contribution < 1.29 is 14.8 Å². The summed E-state index contributed by atoms with van der Waals surface area (Å²) < 4.78 is 0. The van der Waals surface area contributed by atoms with E-state index in [4.69, 9.17) is 5.11 Å². The molecule has 0 spiro atoms. The van der Waals surface area contributed by atoms with Crippen molar-refractivity contribution in [2.24, 2.45) is 0 Å². The minimum atomic E-state index is -1.25. The zero-order valence-electron chi connectivity index (χ0n) is 10.3. The molecule has 1 atom stereocenters. The molecule has 0 aromatic heterocycles. The molecule has 0 saturated heterocycles. The van der Waals surface area contributed by atoms with Gasteiger partial charge < -0.3 is 5.11 Å². The van der Waals surface area contributed by atoms with Crippen LogP contribution in [-0.4, -0.2) is 21.2 Å². The average Bonchev–Trinajstić information content (AvgIpc) is 2.34. The van der Waals surface area contributed by atoms with E-state index in [0.717, 1.165) is 6.42 Å². The first kappa shape index (κ1) is 14.5. The fourth-order valence-corrected chi connectivity index (χ4v) is 2.40. The second-order valence-electron chi connectivity index (χ2n) is 3.90. The molecule has 1 N–H and O–H groups in total. The first-order valence-electron chi connectivity index (χ1n) is 5.58. The lowest BCUT2D eigenvalue weighted by atomic mass is 10.1. The van der Waals surface area contributed by atoms with Gasteiger partial charge in [-0.25, -0.2) is 4.79 Å². The van der Waals surface area contributed by atoms with E-state index in [2.05, 4.69) is 0 Å². The van der Waals surface area contributed by atoms with E-state index in [-0.39, 0.29) is 11.3 Å². The molecular weight excluding hydrogens is 254 g/mol. The van der Waals surface area contributed by atoms with Gasteiger partial charge in [0.1, 0.15) is 5.56 Å². The number of nitrogens with zero attached hydrogens (tertiary/aromatic N) is 1. The minimum Gasteiger partial charge on any atom is -0.477 e. The molecule has 0 aliphatic rings. The number of thioether (sulfide) groups is 1. The molecule has 98 valence electrons. The average molecular weight is 269 g/mol. The van der Waals surface area contributed by atoms with Crippen LogP contribution in [0.3, 0.4) is 0 Å². The van der Waals surface area contributed by atoms with Crippen molar-refractivity contribution >= 4 is 23.4 Å². The maximum Gasteiger partial charge on any atom is 0.343 e. The Kier molecular flexibility index (Phi) is 5.15. The Morgan fingerprint density at radius 2 is 2.22 bits per heavy atom. The Hall–Kier alpha value is -1.56. The van der Waals surface area contributed by atoms with Crippen LogP contribution in [0.15, 0.2) is 18.2 Å². The number of hydrogen-bond donors (Lipinski definition) is 1. The van der Waals surface area contributed by atoms with Crippen LogP contribution in [0.2, 0.25) is 0 Å². The molecule has 18 heavy (non-hydrogen) atoms. The molecule has 0 aliphatic carbocycles. The monoisotopic (exact) mass is 269 g/mol. The topological polar surface area (TPSA) is 80.4 Å². The van der Waals surface area contributed by atoms with Crippen molar-refractivity contribution in [1.82, 2.24) is 0 Å². The second-order valence-corrected chi connectivity index (χ2v) is 5.33. The molecule has 5 nitrogen and oxygen atoms in total. The van der Waals surface area contributed by atoms with E-state index in [1.807, 2.05) is 13.8 Å². The SMILES string of the molecule is CCC(C)SCc1cccc([N+](=O)[O-])c1C(=O)O. The van der Waals surface area contributed by atoms with Crippen LogP contribution in [0.25, 0.3) is 0 Å². The van der Waals surface area contributed by atoms with Crippen LogP contribution in [0, 0.1) is 10.1 Å². The van der Waals surface area contributed by atoms with Gasteiger partial charge in [-0.1, -0.05) is 26.0 Å². The summed E-state index contributed by atoms with van der Waals surface area (Å²) >= 11 is 1.60. The number of carbonyl (C=O) groups is 1. The predicted octanol–water partition coefficient (Wildman–Crippen LogP) is 3.32. The Bertz CT molecular complexity index is 461. The van der Waals surface area contributed by atoms with Gasteiger partial charge >= 0.3 is 5.97 Å². The fourth-order valence-electron chi connectivity index (χ4n) is 1.46. The number of nitro groups is 1. The summed E-state index contributed by atoms with van der Waals surface area (Å²) in [7, 11) is 0. The number of nitro benzene ring substituents is 1. The van der Waals surface area contributed by atoms with Crippen LogP contribution in [-0.2, 0) is 5.75 Å². The largest absolute Gasteiger partial charge is 0.477 e. The Morgan fingerprint density at radius 3 is 2.72 bits per heavy atom. The number of aromatic carboxylic acids is 1. The van der Waals surface area contributed by atoms with Gasteiger partial charge in [0, 0.05) is 17.1 Å². The highest BCUT2D eigenvalue weighted by Crippen LogP contribution is 2.27. The summed E-state index contributed by atoms with van der Waals surface area (Å²) in [5.41, 5.74) is -0.0370. The highest BCUT2D eigenvalue weighted by molar-refractivity contribution is 7.99. The molecule has 0 saturated carbocycles. The molecule has 0 bridgehead atoms. The van der Waals surface area contributed by atoms with Gasteiger partial charge in [-0.15, -0.1) is 0 Å². The predicted molar refractivity (Wildman–Crippen MR) is 71.1 cm³/mol. The van der Waals surface area contributed by atoms with Crippen LogP contribution in [0.4, 0.5) is 5.69 Å². The second kappa shape index (κ2) is 6.39. The number of hydrogen-bond acceptors (Lipinski definition) is 4. The number of rotatable bonds is 6. The van der Waals surface area contributed by atoms with Crippen molar-refractivity contribution in [1.29, 1.82) is 0 Å². The third-order valence-electron chi connectivity index (χ3n) is 2.64. The van der Waals surface area contributed by atoms with E-state index in [0.29, 0.717) is 16.6 Å². The molecule has 1 aromatic carbocycles. The molecule has 1 aromatic rings. The molecule has 0 radical (unpaired) electrons. The van der Waals surface area contributed by atoms with E-state index < -0.39 is 10.9 Å². The van der Waals surface area contributed by atoms with Crippen molar-refractivity contribution in [2.45, 2.75) is 31.3 Å². The molecule has 0 fully saturated rings. The summed E-state index contributed by atoms with van der Waals surface area (Å²) in [6.45, 7) is 4.09. The smallest absolute Gasteiger partial charge is 0.343 e. The highest BCUT2D eigenvalue weighted by atomic mass is 32.2. The van der Waals surface area contributed by atoms with E-state index in [1.165, 1.54) is 12.1 Å². The molecule has 0 heterocycles. The quantitative estimate of drug-likeness (QED) is 0.633. The van der Waals surface area contributed by atoms with Crippen molar-refractivity contribution in [3.8, 4) is 0 Å². The molecular formula is C12H15NO4S. The molecule has 1 unspecified atom stereocenters. The summed E-state index contributed by atoms with van der Waals surface area (Å²) in [5, 5.41) is 20.3. The lowest BCUT2D eigenvalue weighted by Gasteiger charge is -2.10. The summed E-state index contributed by atoms with van der Waals surface area (Å²) in [6.07, 6.45) is 0.974. The fraction of sp³-hybridized carbons (Fsp3) is 0.417. The van der Waals surface area contributed by atoms with Crippen LogP contribution >= 0.6 is 11.8 Å². The van der Waals surface area contributed by atoms with Crippen LogP contribution in [0.5, 0.6) is 0 Å². The summed E-state index contributed by atoms with van der Waals surface area (Å²) in [4.78, 5) is 21.3. The Morgan fingerprint density at radius 1 is 1.56 bits per heavy atom. The number of benzene rings is 1. The van der Waals surface area contributed by atoms with Crippen LogP contribution in [0.1, 0.15) is 36.2 Å². The van der Waals surface area contributed by atoms with Gasteiger partial charge in [0.15, 0.2) is 0 Å². The molecule has 6 heteroatoms. The maximum atomic E-state index is 11.1. The molecule has 0 amide bonds. The zero-order valence-corrected chi connectivity index (χ0v) is 11.1. The van der Waals surface area contributed by atoms with E-state index in [1.54, 1.807) is 17.8 Å². The van der Waals surface area contributed by atoms with Crippen molar-refractivity contribution in [3.63, 3.8) is 0 Å². The van der Waals surface area contributed by atoms with E-state index in [9.17, 15) is 14.9 Å². The lowest BCUT2D eigenvalue weighted by molar-refractivity contribution is -0.385. The van der Waals surface area contributed by atoms with E-state index >= 15 is 0 Å². The normalized spacial score (nSPS) is 12.1. The standard InChI is InChI=1S/C12H15NO4S/c1-3-8(2)18-7-9-5-4-6-10(13(16)17)11(9)12(14)15/h4-6,8H,3,7H2,1-2H3,(H,14,15). The number of carboxylic acid groups (broad SMARTS) is 1.